The molecule has 0 bridgehead atoms. The second-order valence-electron chi connectivity index (χ2n) is 33.4. The lowest BCUT2D eigenvalue weighted by Gasteiger charge is -2.15. The SMILES string of the molecule is c1ccc(-c2nc(-c3ccccc3)nc(-c3cc(-c4cccnc4)cc(-c4cc5ccccc5c5ccccc45)c3)n2)cc1.c1ccc(-c2nc(-c3ccccc3)nc(-c3ccc(-c4ccc(-n5c6ccccc6c6ccccc65)cc4)cc3)n2)cc1.c1ccc(-c2nc(-c3ccccc3)nc(-c3cccc(-c4cccc(-c5ccc6c7ccccc7c7ccccc7c6c5)c4)c3)n2)cc1. The van der Waals surface area contributed by atoms with Crippen LogP contribution in [0.4, 0.5) is 0 Å². The summed E-state index contributed by atoms with van der Waals surface area (Å²) in [7, 11) is 0. The van der Waals surface area contributed by atoms with Crippen LogP contribution in [0.1, 0.15) is 0 Å². The van der Waals surface area contributed by atoms with E-state index in [2.05, 4.69) is 301 Å². The highest BCUT2D eigenvalue weighted by molar-refractivity contribution is 6.26. The highest BCUT2D eigenvalue weighted by atomic mass is 15.1. The summed E-state index contributed by atoms with van der Waals surface area (Å²) in [5.74, 6) is 5.83. The predicted molar refractivity (Wildman–Crippen MR) is 555 cm³/mol. The molecule has 0 aliphatic rings. The maximum absolute atomic E-state index is 5.04. The third kappa shape index (κ3) is 16.5. The zero-order chi connectivity index (χ0) is 89.8. The van der Waals surface area contributed by atoms with E-state index in [1.165, 1.54) is 86.8 Å². The minimum absolute atomic E-state index is 0.620. The van der Waals surface area contributed by atoms with Crippen LogP contribution in [0.5, 0.6) is 0 Å². The number of rotatable bonds is 15. The van der Waals surface area contributed by atoms with Gasteiger partial charge in [-0.3, -0.25) is 4.98 Å². The normalized spacial score (nSPS) is 11.3. The number of hydrogen-bond acceptors (Lipinski definition) is 10. The second-order valence-corrected chi connectivity index (χ2v) is 33.4. The maximum atomic E-state index is 5.04. The molecule has 25 rings (SSSR count). The van der Waals surface area contributed by atoms with E-state index in [4.69, 9.17) is 44.9 Å². The summed E-state index contributed by atoms with van der Waals surface area (Å²) < 4.78 is 2.34. The summed E-state index contributed by atoms with van der Waals surface area (Å²) >= 11 is 0. The molecule has 0 aliphatic heterocycles. The van der Waals surface area contributed by atoms with Crippen molar-refractivity contribution in [2.24, 2.45) is 0 Å². The Balaban J connectivity index is 0.000000114. The van der Waals surface area contributed by atoms with Crippen LogP contribution in [0.25, 0.3) is 239 Å². The predicted octanol–water partition coefficient (Wildman–Crippen LogP) is 31.2. The first-order valence-electron chi connectivity index (χ1n) is 45.2. The standard InChI is InChI=1S/C45H29N3.C40H26N4.C39H26N4/c1-3-13-30(14-4-1)43-46-44(31-15-5-2-6-16-31)48-45(47-43)36-20-12-19-34(28-36)32-17-11-18-33(27-32)35-25-26-41-39-23-8-7-21-37(39)38-22-9-10-24-40(38)42(41)29-35;1-3-12-27(13-4-1)38-42-39(28-14-5-2-6-15-28)44-40(43-38)33-23-31(30-17-11-21-41-26-30)22-32(24-33)37-25-29-16-7-8-18-34(29)35-19-9-10-20-36(35)37;1-3-11-29(12-4-1)37-40-38(30-13-5-2-6-14-30)42-39(41-37)31-21-19-27(20-22-31)28-23-25-32(26-24-28)43-35-17-9-7-15-33(35)34-16-8-10-18-36(34)43/h1-29H;1-26H;1-26H. The molecule has 0 radical (unpaired) electrons. The Labute approximate surface area is 780 Å². The van der Waals surface area contributed by atoms with Gasteiger partial charge in [0.15, 0.2) is 52.4 Å². The average Bonchev–Trinajstić information content (AvgIpc) is 1.71. The molecule has 5 aromatic heterocycles. The van der Waals surface area contributed by atoms with E-state index in [1.807, 2.05) is 194 Å². The maximum Gasteiger partial charge on any atom is 0.164 e. The number of fused-ring (bicyclic) bond motifs is 12. The lowest BCUT2D eigenvalue weighted by atomic mass is 9.90. The number of hydrogen-bond donors (Lipinski definition) is 0. The van der Waals surface area contributed by atoms with Crippen LogP contribution >= 0.6 is 0 Å². The van der Waals surface area contributed by atoms with Gasteiger partial charge in [-0.2, -0.15) is 0 Å². The van der Waals surface area contributed by atoms with Crippen molar-refractivity contribution in [2.75, 3.05) is 0 Å². The van der Waals surface area contributed by atoms with Gasteiger partial charge in [0.1, 0.15) is 0 Å². The van der Waals surface area contributed by atoms with Gasteiger partial charge in [-0.1, -0.05) is 406 Å². The topological polar surface area (TPSA) is 134 Å². The van der Waals surface area contributed by atoms with Crippen LogP contribution < -0.4 is 0 Å². The average molecular weight is 1730 g/mol. The van der Waals surface area contributed by atoms with Gasteiger partial charge in [0.2, 0.25) is 0 Å². The highest BCUT2D eigenvalue weighted by Gasteiger charge is 2.22. The van der Waals surface area contributed by atoms with Crippen LogP contribution in [0.2, 0.25) is 0 Å². The van der Waals surface area contributed by atoms with E-state index in [1.54, 1.807) is 6.20 Å². The fraction of sp³-hybridized carbons (Fsp3) is 0. The molecule has 20 aromatic carbocycles. The Morgan fingerprint density at radius 3 is 0.844 bits per heavy atom. The van der Waals surface area contributed by atoms with E-state index in [9.17, 15) is 0 Å². The van der Waals surface area contributed by atoms with Gasteiger partial charge < -0.3 is 4.57 Å². The fourth-order valence-electron chi connectivity index (χ4n) is 18.3. The van der Waals surface area contributed by atoms with Crippen molar-refractivity contribution in [2.45, 2.75) is 0 Å². The van der Waals surface area contributed by atoms with Crippen molar-refractivity contribution in [3.63, 3.8) is 0 Å². The summed E-state index contributed by atoms with van der Waals surface area (Å²) in [6.45, 7) is 0. The first-order chi connectivity index (χ1) is 66.9. The molecule has 0 fully saturated rings. The van der Waals surface area contributed by atoms with Gasteiger partial charge in [-0.05, 0) is 177 Å². The van der Waals surface area contributed by atoms with Crippen molar-refractivity contribution in [3.05, 3.63) is 492 Å². The molecule has 135 heavy (non-hydrogen) atoms. The van der Waals surface area contributed by atoms with Gasteiger partial charge in [-0.25, -0.2) is 44.9 Å². The van der Waals surface area contributed by atoms with Crippen LogP contribution in [0.15, 0.2) is 492 Å². The molecule has 11 heteroatoms. The molecule has 25 aromatic rings. The molecule has 0 atom stereocenters. The van der Waals surface area contributed by atoms with E-state index < -0.39 is 0 Å². The second kappa shape index (κ2) is 36.3. The monoisotopic (exact) mass is 1720 g/mol. The molecule has 632 valence electrons. The quantitative estimate of drug-likeness (QED) is 0.0913. The zero-order valence-corrected chi connectivity index (χ0v) is 73.2. The van der Waals surface area contributed by atoms with Gasteiger partial charge in [0.05, 0.1) is 11.0 Å². The molecular weight excluding hydrogens is 1640 g/mol. The van der Waals surface area contributed by atoms with Crippen molar-refractivity contribution in [3.8, 4) is 164 Å². The van der Waals surface area contributed by atoms with Crippen LogP contribution in [0, 0.1) is 0 Å². The van der Waals surface area contributed by atoms with Gasteiger partial charge in [-0.15, -0.1) is 0 Å². The summed E-state index contributed by atoms with van der Waals surface area (Å²) in [6.07, 6.45) is 3.70. The van der Waals surface area contributed by atoms with Crippen LogP contribution in [-0.2, 0) is 0 Å². The van der Waals surface area contributed by atoms with Crippen LogP contribution in [-0.4, -0.2) is 54.4 Å². The third-order valence-electron chi connectivity index (χ3n) is 24.9. The van der Waals surface area contributed by atoms with Crippen molar-refractivity contribution in [1.29, 1.82) is 0 Å². The molecule has 5 heterocycles. The minimum Gasteiger partial charge on any atom is -0.309 e. The van der Waals surface area contributed by atoms with E-state index in [0.717, 1.165) is 100 Å². The molecule has 0 unspecified atom stereocenters. The number of benzene rings is 20. The Bertz CT molecular complexity index is 8430. The number of nitrogens with zero attached hydrogens (tertiary/aromatic N) is 11. The first kappa shape index (κ1) is 81.2. The number of aromatic nitrogens is 11. The van der Waals surface area contributed by atoms with Crippen molar-refractivity contribution in [1.82, 2.24) is 54.4 Å². The minimum atomic E-state index is 0.620. The number of pyridine rings is 1. The lowest BCUT2D eigenvalue weighted by Crippen LogP contribution is -2.00. The summed E-state index contributed by atoms with van der Waals surface area (Å²) in [5.41, 5.74) is 23.3. The molecule has 0 aliphatic carbocycles. The number of para-hydroxylation sites is 2. The van der Waals surface area contributed by atoms with Gasteiger partial charge in [0, 0.05) is 84.5 Å². The molecule has 11 nitrogen and oxygen atoms in total. The Hall–Kier alpha value is -18.3. The molecular formula is C124H81N11. The zero-order valence-electron chi connectivity index (χ0n) is 73.2. The van der Waals surface area contributed by atoms with Gasteiger partial charge >= 0.3 is 0 Å². The Kier molecular flexibility index (Phi) is 21.8. The van der Waals surface area contributed by atoms with Gasteiger partial charge in [0.25, 0.3) is 0 Å². The van der Waals surface area contributed by atoms with E-state index >= 15 is 0 Å². The molecule has 0 saturated heterocycles. The van der Waals surface area contributed by atoms with Crippen molar-refractivity contribution >= 4 is 75.7 Å². The smallest absolute Gasteiger partial charge is 0.164 e. The highest BCUT2D eigenvalue weighted by Crippen LogP contribution is 2.43. The summed E-state index contributed by atoms with van der Waals surface area (Å²) in [4.78, 5) is 48.7. The Morgan fingerprint density at radius 2 is 0.415 bits per heavy atom. The summed E-state index contributed by atoms with van der Waals surface area (Å²) in [6, 6.07) is 167. The van der Waals surface area contributed by atoms with E-state index in [-0.39, 0.29) is 0 Å². The molecule has 0 saturated carbocycles. The largest absolute Gasteiger partial charge is 0.309 e. The van der Waals surface area contributed by atoms with Crippen LogP contribution in [0.3, 0.4) is 0 Å². The Morgan fingerprint density at radius 1 is 0.141 bits per heavy atom. The molecule has 0 amide bonds. The van der Waals surface area contributed by atoms with Crippen molar-refractivity contribution < 1.29 is 0 Å². The van der Waals surface area contributed by atoms with E-state index in [0.29, 0.717) is 52.4 Å². The third-order valence-corrected chi connectivity index (χ3v) is 24.9. The lowest BCUT2D eigenvalue weighted by molar-refractivity contribution is 1.07. The molecule has 0 N–H and O–H groups in total. The molecule has 0 spiro atoms. The fourth-order valence-corrected chi connectivity index (χ4v) is 18.3. The first-order valence-corrected chi connectivity index (χ1v) is 45.2. The summed E-state index contributed by atoms with van der Waals surface area (Å²) in [5, 5.41) is 15.1.